The predicted molar refractivity (Wildman–Crippen MR) is 53.0 cm³/mol. The fourth-order valence-corrected chi connectivity index (χ4v) is 0.924. The summed E-state index contributed by atoms with van der Waals surface area (Å²) in [4.78, 5) is 21.3. The lowest BCUT2D eigenvalue weighted by molar-refractivity contribution is -0.152. The standard InChI is InChI=1S/C10H17O5/c1-8(15-10(12)7-13-3)5-4-6-14-9(2)11/h8H,1,4-7H2,2-3H3. The Labute approximate surface area is 89.7 Å². The molecule has 0 aliphatic carbocycles. The van der Waals surface area contributed by atoms with Gasteiger partial charge in [0.15, 0.2) is 0 Å². The normalized spacial score (nSPS) is 11.9. The second kappa shape index (κ2) is 8.23. The summed E-state index contributed by atoms with van der Waals surface area (Å²) < 4.78 is 14.2. The Kier molecular flexibility index (Phi) is 7.62. The molecule has 1 unspecified atom stereocenters. The molecule has 15 heavy (non-hydrogen) atoms. The first kappa shape index (κ1) is 13.9. The van der Waals surface area contributed by atoms with Gasteiger partial charge >= 0.3 is 11.9 Å². The first-order chi connectivity index (χ1) is 7.06. The maximum Gasteiger partial charge on any atom is 0.332 e. The van der Waals surface area contributed by atoms with E-state index in [1.165, 1.54) is 14.0 Å². The van der Waals surface area contributed by atoms with Crippen LogP contribution >= 0.6 is 0 Å². The summed E-state index contributed by atoms with van der Waals surface area (Å²) in [5.74, 6) is -0.753. The molecule has 0 fully saturated rings. The number of esters is 2. The Morgan fingerprint density at radius 2 is 2.07 bits per heavy atom. The molecule has 0 aliphatic rings. The molecule has 0 saturated heterocycles. The largest absolute Gasteiger partial charge is 0.466 e. The molecule has 0 spiro atoms. The lowest BCUT2D eigenvalue weighted by Gasteiger charge is -2.12. The van der Waals surface area contributed by atoms with Gasteiger partial charge in [-0.3, -0.25) is 4.79 Å². The lowest BCUT2D eigenvalue weighted by Crippen LogP contribution is -2.19. The minimum Gasteiger partial charge on any atom is -0.466 e. The average Bonchev–Trinajstić information content (AvgIpc) is 2.12. The summed E-state index contributed by atoms with van der Waals surface area (Å²) in [6, 6.07) is 0. The monoisotopic (exact) mass is 217 g/mol. The Morgan fingerprint density at radius 1 is 1.40 bits per heavy atom. The Morgan fingerprint density at radius 3 is 2.60 bits per heavy atom. The van der Waals surface area contributed by atoms with E-state index in [4.69, 9.17) is 9.47 Å². The van der Waals surface area contributed by atoms with E-state index in [1.54, 1.807) is 0 Å². The van der Waals surface area contributed by atoms with Crippen LogP contribution in [-0.4, -0.2) is 38.4 Å². The average molecular weight is 217 g/mol. The number of ether oxygens (including phenoxy) is 3. The molecule has 0 aromatic carbocycles. The molecule has 5 heteroatoms. The number of rotatable bonds is 7. The number of methoxy groups -OCH3 is 1. The highest BCUT2D eigenvalue weighted by molar-refractivity contribution is 5.70. The number of hydrogen-bond donors (Lipinski definition) is 0. The fourth-order valence-electron chi connectivity index (χ4n) is 0.924. The van der Waals surface area contributed by atoms with Crippen molar-refractivity contribution in [2.24, 2.45) is 0 Å². The van der Waals surface area contributed by atoms with Crippen LogP contribution in [0.4, 0.5) is 0 Å². The van der Waals surface area contributed by atoms with Crippen molar-refractivity contribution in [1.82, 2.24) is 0 Å². The van der Waals surface area contributed by atoms with Crippen LogP contribution in [0.25, 0.3) is 0 Å². The second-order valence-electron chi connectivity index (χ2n) is 3.03. The van der Waals surface area contributed by atoms with E-state index in [2.05, 4.69) is 11.7 Å². The lowest BCUT2D eigenvalue weighted by atomic mass is 10.2. The molecule has 0 bridgehead atoms. The molecule has 1 radical (unpaired) electrons. The van der Waals surface area contributed by atoms with E-state index in [1.807, 2.05) is 0 Å². The van der Waals surface area contributed by atoms with Crippen molar-refractivity contribution in [3.63, 3.8) is 0 Å². The Balaban J connectivity index is 3.44. The number of carbonyl (C=O) groups is 2. The van der Waals surface area contributed by atoms with Crippen LogP contribution in [0.2, 0.25) is 0 Å². The maximum absolute atomic E-state index is 10.9. The van der Waals surface area contributed by atoms with Crippen molar-refractivity contribution in [2.45, 2.75) is 25.9 Å². The van der Waals surface area contributed by atoms with E-state index < -0.39 is 12.1 Å². The molecular formula is C10H17O5. The van der Waals surface area contributed by atoms with Gasteiger partial charge in [-0.1, -0.05) is 0 Å². The van der Waals surface area contributed by atoms with Crippen LogP contribution in [0, 0.1) is 6.92 Å². The molecule has 0 aliphatic heterocycles. The summed E-state index contributed by atoms with van der Waals surface area (Å²) in [6.45, 7) is 5.23. The van der Waals surface area contributed by atoms with Gasteiger partial charge < -0.3 is 14.2 Å². The van der Waals surface area contributed by atoms with Gasteiger partial charge in [0.2, 0.25) is 0 Å². The van der Waals surface area contributed by atoms with E-state index in [0.29, 0.717) is 19.4 Å². The van der Waals surface area contributed by atoms with E-state index in [-0.39, 0.29) is 12.6 Å². The van der Waals surface area contributed by atoms with Crippen molar-refractivity contribution in [1.29, 1.82) is 0 Å². The van der Waals surface area contributed by atoms with E-state index >= 15 is 0 Å². The van der Waals surface area contributed by atoms with Gasteiger partial charge in [0.1, 0.15) is 12.7 Å². The zero-order valence-corrected chi connectivity index (χ0v) is 9.15. The first-order valence-electron chi connectivity index (χ1n) is 4.71. The molecule has 0 saturated carbocycles. The third-order valence-electron chi connectivity index (χ3n) is 1.54. The second-order valence-corrected chi connectivity index (χ2v) is 3.03. The van der Waals surface area contributed by atoms with Crippen molar-refractivity contribution in [3.8, 4) is 0 Å². The van der Waals surface area contributed by atoms with Gasteiger partial charge in [0.25, 0.3) is 0 Å². The van der Waals surface area contributed by atoms with Crippen LogP contribution < -0.4 is 0 Å². The van der Waals surface area contributed by atoms with Gasteiger partial charge in [-0.05, 0) is 19.8 Å². The van der Waals surface area contributed by atoms with Gasteiger partial charge in [-0.2, -0.15) is 0 Å². The molecule has 87 valence electrons. The predicted octanol–water partition coefficient (Wildman–Crippen LogP) is 0.722. The SMILES string of the molecule is [CH2]C(CCCOC(C)=O)OC(=O)COC. The summed E-state index contributed by atoms with van der Waals surface area (Å²) in [5.41, 5.74) is 0. The zero-order valence-electron chi connectivity index (χ0n) is 9.15. The molecule has 0 aromatic rings. The third kappa shape index (κ3) is 9.21. The summed E-state index contributed by atoms with van der Waals surface area (Å²) in [7, 11) is 1.42. The molecule has 0 heterocycles. The smallest absolute Gasteiger partial charge is 0.332 e. The minimum atomic E-state index is -0.440. The summed E-state index contributed by atoms with van der Waals surface area (Å²) in [6.07, 6.45) is 0.750. The Bertz CT molecular complexity index is 202. The van der Waals surface area contributed by atoms with Crippen molar-refractivity contribution in [2.75, 3.05) is 20.3 Å². The number of hydrogen-bond acceptors (Lipinski definition) is 5. The van der Waals surface area contributed by atoms with Crippen LogP contribution in [0.5, 0.6) is 0 Å². The molecule has 1 atom stereocenters. The molecule has 5 nitrogen and oxygen atoms in total. The van der Waals surface area contributed by atoms with Gasteiger partial charge in [-0.25, -0.2) is 4.79 Å². The molecular weight excluding hydrogens is 200 g/mol. The highest BCUT2D eigenvalue weighted by Gasteiger charge is 2.08. The van der Waals surface area contributed by atoms with E-state index in [9.17, 15) is 9.59 Å². The van der Waals surface area contributed by atoms with Crippen molar-refractivity contribution >= 4 is 11.9 Å². The highest BCUT2D eigenvalue weighted by atomic mass is 16.6. The van der Waals surface area contributed by atoms with Crippen LogP contribution in [0.3, 0.4) is 0 Å². The van der Waals surface area contributed by atoms with Gasteiger partial charge in [0, 0.05) is 14.0 Å². The van der Waals surface area contributed by atoms with Crippen molar-refractivity contribution in [3.05, 3.63) is 6.92 Å². The molecule has 0 amide bonds. The molecule has 0 aromatic heterocycles. The highest BCUT2D eigenvalue weighted by Crippen LogP contribution is 2.02. The minimum absolute atomic E-state index is 0.0734. The van der Waals surface area contributed by atoms with Crippen LogP contribution in [0.15, 0.2) is 0 Å². The summed E-state index contributed by atoms with van der Waals surface area (Å²) >= 11 is 0. The molecule has 0 N–H and O–H groups in total. The number of carbonyl (C=O) groups excluding carboxylic acids is 2. The first-order valence-corrected chi connectivity index (χ1v) is 4.71. The quantitative estimate of drug-likeness (QED) is 0.464. The van der Waals surface area contributed by atoms with E-state index in [0.717, 1.165) is 0 Å². The van der Waals surface area contributed by atoms with Gasteiger partial charge in [-0.15, -0.1) is 0 Å². The maximum atomic E-state index is 10.9. The Hall–Kier alpha value is -1.10. The zero-order chi connectivity index (χ0) is 11.7. The topological polar surface area (TPSA) is 61.8 Å². The third-order valence-corrected chi connectivity index (χ3v) is 1.54. The summed E-state index contributed by atoms with van der Waals surface area (Å²) in [5, 5.41) is 0. The van der Waals surface area contributed by atoms with Gasteiger partial charge in [0.05, 0.1) is 6.61 Å². The van der Waals surface area contributed by atoms with Crippen LogP contribution in [0.1, 0.15) is 19.8 Å². The van der Waals surface area contributed by atoms with Crippen LogP contribution in [-0.2, 0) is 23.8 Å². The fraction of sp³-hybridized carbons (Fsp3) is 0.700. The van der Waals surface area contributed by atoms with Crippen molar-refractivity contribution < 1.29 is 23.8 Å². The molecule has 0 rings (SSSR count).